The van der Waals surface area contributed by atoms with E-state index in [2.05, 4.69) is 58.1 Å². The van der Waals surface area contributed by atoms with Gasteiger partial charge in [0.25, 0.3) is 0 Å². The molecule has 3 atom stereocenters. The number of carbonyl (C=O) groups is 1. The first kappa shape index (κ1) is 29.0. The molecule has 0 radical (unpaired) electrons. The summed E-state index contributed by atoms with van der Waals surface area (Å²) < 4.78 is 19.5. The van der Waals surface area contributed by atoms with Crippen LogP contribution in [0.4, 0.5) is 4.79 Å². The fourth-order valence-corrected chi connectivity index (χ4v) is 5.98. The molecule has 5 nitrogen and oxygen atoms in total. The first-order valence-electron chi connectivity index (χ1n) is 12.5. The Balaban J connectivity index is 2.06. The quantitative estimate of drug-likeness (QED) is 0.280. The van der Waals surface area contributed by atoms with Gasteiger partial charge in [0.15, 0.2) is 8.32 Å². The topological polar surface area (TPSA) is 48.0 Å². The average Bonchev–Trinajstić information content (AvgIpc) is 3.18. The van der Waals surface area contributed by atoms with Crippen LogP contribution in [0.1, 0.15) is 59.6 Å². The summed E-state index contributed by atoms with van der Waals surface area (Å²) in [5.74, 6) is 0. The Morgan fingerprint density at radius 3 is 2.33 bits per heavy atom. The van der Waals surface area contributed by atoms with Crippen LogP contribution in [0.15, 0.2) is 42.5 Å². The predicted octanol–water partition coefficient (Wildman–Crippen LogP) is 7.95. The van der Waals surface area contributed by atoms with Gasteiger partial charge in [0.2, 0.25) is 4.38 Å². The van der Waals surface area contributed by atoms with Crippen LogP contribution in [0.2, 0.25) is 18.1 Å². The number of likely N-dealkylation sites (tertiary alicyclic amines) is 1. The van der Waals surface area contributed by atoms with Crippen molar-refractivity contribution in [3.8, 4) is 0 Å². The highest BCUT2D eigenvalue weighted by Gasteiger charge is 2.47. The molecule has 1 saturated heterocycles. The summed E-state index contributed by atoms with van der Waals surface area (Å²) in [6, 6.07) is 14.2. The Kier molecular flexibility index (Phi) is 8.86. The van der Waals surface area contributed by atoms with Gasteiger partial charge in [-0.05, 0) is 74.6 Å². The summed E-state index contributed by atoms with van der Waals surface area (Å²) in [5.41, 5.74) is 0.403. The van der Waals surface area contributed by atoms with Crippen LogP contribution in [0.3, 0.4) is 0 Å². The molecule has 0 saturated carbocycles. The van der Waals surface area contributed by atoms with E-state index in [1.54, 1.807) is 4.90 Å². The van der Waals surface area contributed by atoms with E-state index in [1.807, 2.05) is 45.2 Å². The van der Waals surface area contributed by atoms with E-state index in [4.69, 9.17) is 26.1 Å². The molecular weight excluding hydrogens is 507 g/mol. The first-order valence-corrected chi connectivity index (χ1v) is 17.1. The molecule has 0 aliphatic carbocycles. The van der Waals surface area contributed by atoms with Gasteiger partial charge in [0.1, 0.15) is 11.7 Å². The van der Waals surface area contributed by atoms with Crippen LogP contribution in [0, 0.1) is 0 Å². The van der Waals surface area contributed by atoms with Crippen LogP contribution in [-0.4, -0.2) is 54.2 Å². The van der Waals surface area contributed by atoms with Gasteiger partial charge in [-0.15, -0.1) is 0 Å². The summed E-state index contributed by atoms with van der Waals surface area (Å²) in [5, 5.41) is 2.27. The van der Waals surface area contributed by atoms with E-state index >= 15 is 0 Å². The fourth-order valence-electron chi connectivity index (χ4n) is 4.32. The summed E-state index contributed by atoms with van der Waals surface area (Å²) >= 11 is 6.93. The third-order valence-corrected chi connectivity index (χ3v) is 12.6. The number of nitrogens with zero attached hydrogens (tertiary/aromatic N) is 1. The normalized spacial score (nSPS) is 19.9. The van der Waals surface area contributed by atoms with Crippen molar-refractivity contribution < 1.29 is 18.7 Å². The Morgan fingerprint density at radius 2 is 1.72 bits per heavy atom. The molecule has 2 aromatic rings. The maximum absolute atomic E-state index is 13.5. The lowest BCUT2D eigenvalue weighted by Gasteiger charge is -2.38. The molecule has 1 amide bonds. The number of amides is 1. The average molecular weight is 548 g/mol. The number of hydrogen-bond donors (Lipinski definition) is 0. The van der Waals surface area contributed by atoms with E-state index in [0.29, 0.717) is 17.3 Å². The molecule has 1 fully saturated rings. The Labute approximate surface area is 227 Å². The number of fused-ring (bicyclic) bond motifs is 1. The minimum Gasteiger partial charge on any atom is -0.468 e. The van der Waals surface area contributed by atoms with Gasteiger partial charge >= 0.3 is 6.09 Å². The summed E-state index contributed by atoms with van der Waals surface area (Å²) in [6.45, 7) is 17.3. The van der Waals surface area contributed by atoms with Gasteiger partial charge in [0, 0.05) is 12.1 Å². The molecule has 3 rings (SSSR count). The van der Waals surface area contributed by atoms with Crippen molar-refractivity contribution in [2.24, 2.45) is 0 Å². The number of thiocarbonyl (C=S) groups is 1. The van der Waals surface area contributed by atoms with E-state index in [-0.39, 0.29) is 23.3 Å². The predicted molar refractivity (Wildman–Crippen MR) is 157 cm³/mol. The van der Waals surface area contributed by atoms with Crippen molar-refractivity contribution in [2.75, 3.05) is 12.8 Å². The monoisotopic (exact) mass is 547 g/mol. The minimum absolute atomic E-state index is 0.0633. The van der Waals surface area contributed by atoms with Crippen LogP contribution < -0.4 is 0 Å². The summed E-state index contributed by atoms with van der Waals surface area (Å²) in [7, 11) is -2.06. The molecule has 0 bridgehead atoms. The second kappa shape index (κ2) is 11.0. The molecule has 1 aliphatic rings. The van der Waals surface area contributed by atoms with E-state index < -0.39 is 20.0 Å². The van der Waals surface area contributed by atoms with Gasteiger partial charge in [-0.2, -0.15) is 0 Å². The van der Waals surface area contributed by atoms with Gasteiger partial charge in [0.05, 0.1) is 12.1 Å². The van der Waals surface area contributed by atoms with Crippen LogP contribution in [0.5, 0.6) is 0 Å². The van der Waals surface area contributed by atoms with Crippen molar-refractivity contribution in [2.45, 2.75) is 89.9 Å². The molecule has 1 heterocycles. The van der Waals surface area contributed by atoms with E-state index in [1.165, 1.54) is 11.8 Å². The second-order valence-corrected chi connectivity index (χ2v) is 18.2. The van der Waals surface area contributed by atoms with Crippen molar-refractivity contribution in [1.29, 1.82) is 0 Å². The van der Waals surface area contributed by atoms with Crippen molar-refractivity contribution >= 4 is 53.5 Å². The van der Waals surface area contributed by atoms with Crippen molar-refractivity contribution in [3.63, 3.8) is 0 Å². The van der Waals surface area contributed by atoms with E-state index in [0.717, 1.165) is 16.3 Å². The zero-order valence-electron chi connectivity index (χ0n) is 23.1. The van der Waals surface area contributed by atoms with Gasteiger partial charge in [-0.3, -0.25) is 4.90 Å². The highest BCUT2D eigenvalue weighted by Crippen LogP contribution is 2.42. The molecule has 0 N–H and O–H groups in total. The summed E-state index contributed by atoms with van der Waals surface area (Å²) in [4.78, 5) is 15.3. The third kappa shape index (κ3) is 6.82. The SMILES string of the molecule is CSC(=S)OC(c1cccc2ccccc12)[C@@H]1C[C@@H](O[Si](C)(C)C(C)(C)C)CN1C(=O)OC(C)(C)C. The number of benzene rings is 2. The lowest BCUT2D eigenvalue weighted by Crippen LogP contribution is -2.45. The molecule has 1 aliphatic heterocycles. The number of ether oxygens (including phenoxy) is 2. The number of rotatable bonds is 5. The van der Waals surface area contributed by atoms with E-state index in [9.17, 15) is 4.79 Å². The van der Waals surface area contributed by atoms with Crippen molar-refractivity contribution in [1.82, 2.24) is 4.90 Å². The second-order valence-electron chi connectivity index (χ2n) is 12.0. The van der Waals surface area contributed by atoms with Gasteiger partial charge in [-0.25, -0.2) is 4.79 Å². The molecule has 1 unspecified atom stereocenters. The highest BCUT2D eigenvalue weighted by atomic mass is 32.2. The van der Waals surface area contributed by atoms with Crippen LogP contribution in [-0.2, 0) is 13.9 Å². The lowest BCUT2D eigenvalue weighted by molar-refractivity contribution is 0.00776. The first-order chi connectivity index (χ1) is 16.6. The Bertz CT molecular complexity index is 1090. The van der Waals surface area contributed by atoms with Crippen molar-refractivity contribution in [3.05, 3.63) is 48.0 Å². The smallest absolute Gasteiger partial charge is 0.410 e. The van der Waals surface area contributed by atoms with Crippen LogP contribution >= 0.6 is 24.0 Å². The highest BCUT2D eigenvalue weighted by molar-refractivity contribution is 8.22. The maximum Gasteiger partial charge on any atom is 0.410 e. The molecule has 2 aromatic carbocycles. The largest absolute Gasteiger partial charge is 0.468 e. The van der Waals surface area contributed by atoms with Gasteiger partial charge in [-0.1, -0.05) is 75.0 Å². The van der Waals surface area contributed by atoms with Gasteiger partial charge < -0.3 is 13.9 Å². The zero-order chi connectivity index (χ0) is 26.9. The molecule has 198 valence electrons. The number of hydrogen-bond acceptors (Lipinski definition) is 6. The number of thioether (sulfide) groups is 1. The standard InChI is InChI=1S/C28H41NO4S2Si/c1-27(2,3)32-25(30)29-18-20(33-36(8,9)28(4,5)6)17-23(29)24(31-26(34)35-7)22-16-12-14-19-13-10-11-15-21(19)22/h10-16,20,23-24H,17-18H2,1-9H3/t20-,23+,24?/m1/s1. The zero-order valence-corrected chi connectivity index (χ0v) is 25.7. The minimum atomic E-state index is -2.06. The molecule has 0 aromatic heterocycles. The Hall–Kier alpha value is -1.61. The summed E-state index contributed by atoms with van der Waals surface area (Å²) in [6.07, 6.45) is 1.66. The fraction of sp³-hybridized carbons (Fsp3) is 0.571. The molecule has 36 heavy (non-hydrogen) atoms. The Morgan fingerprint density at radius 1 is 1.08 bits per heavy atom. The third-order valence-electron chi connectivity index (χ3n) is 7.07. The maximum atomic E-state index is 13.5. The molecule has 8 heteroatoms. The molecule has 0 spiro atoms. The van der Waals surface area contributed by atoms with Crippen LogP contribution in [0.25, 0.3) is 10.8 Å². The molecular formula is C28H41NO4S2Si. The lowest BCUT2D eigenvalue weighted by atomic mass is 9.94. The number of carbonyl (C=O) groups excluding carboxylic acids is 1.